The summed E-state index contributed by atoms with van der Waals surface area (Å²) in [5.41, 5.74) is 0. The SMILES string of the molecule is C(C[Te]CC1CS1)SCC(C[Te]CC1CS1)SC(CSCC[Te]CC1CS1)C[Te]CC1CS1. The Labute approximate surface area is 274 Å². The molecule has 0 bridgehead atoms. The fraction of sp³-hybridized carbons (Fsp3) is 1.00. The summed E-state index contributed by atoms with van der Waals surface area (Å²) in [6, 6.07) is 0. The van der Waals surface area contributed by atoms with Crippen LogP contribution in [0, 0.1) is 0 Å². The van der Waals surface area contributed by atoms with E-state index in [1.54, 1.807) is 35.8 Å². The van der Waals surface area contributed by atoms with Crippen molar-refractivity contribution in [3.8, 4) is 0 Å². The van der Waals surface area contributed by atoms with E-state index in [-0.39, 0.29) is 41.8 Å². The third-order valence-corrected chi connectivity index (χ3v) is 32.5. The van der Waals surface area contributed by atoms with Gasteiger partial charge in [0, 0.05) is 0 Å². The zero-order valence-electron chi connectivity index (χ0n) is 19.3. The number of rotatable bonds is 24. The van der Waals surface area contributed by atoms with Crippen LogP contribution in [0.5, 0.6) is 0 Å². The molecule has 4 saturated heterocycles. The van der Waals surface area contributed by atoms with Crippen molar-refractivity contribution < 1.29 is 0 Å². The fourth-order valence-corrected chi connectivity index (χ4v) is 31.4. The summed E-state index contributed by atoms with van der Waals surface area (Å²) < 4.78 is 13.0. The zero-order chi connectivity index (χ0) is 22.6. The molecule has 0 nitrogen and oxygen atoms in total. The van der Waals surface area contributed by atoms with Crippen LogP contribution in [0.25, 0.3) is 0 Å². The molecule has 0 aliphatic carbocycles. The Kier molecular flexibility index (Phi) is 18.8. The van der Waals surface area contributed by atoms with Crippen LogP contribution in [0.4, 0.5) is 0 Å². The molecule has 0 saturated carbocycles. The average molecular weight is 1040 g/mol. The van der Waals surface area contributed by atoms with Crippen LogP contribution in [-0.4, -0.2) is 161 Å². The zero-order valence-corrected chi connectivity index (χ0v) is 34.3. The van der Waals surface area contributed by atoms with E-state index >= 15 is 0 Å². The molecule has 11 heteroatoms. The Morgan fingerprint density at radius 3 is 1.30 bits per heavy atom. The van der Waals surface area contributed by atoms with Crippen LogP contribution in [-0.2, 0) is 0 Å². The predicted molar refractivity (Wildman–Crippen MR) is 176 cm³/mol. The Bertz CT molecular complexity index is 475. The van der Waals surface area contributed by atoms with E-state index in [2.05, 4.69) is 82.3 Å². The molecule has 192 valence electrons. The third kappa shape index (κ3) is 17.9. The van der Waals surface area contributed by atoms with Crippen LogP contribution in [0.15, 0.2) is 0 Å². The summed E-state index contributed by atoms with van der Waals surface area (Å²) >= 11 is 17.4. The number of thioether (sulfide) groups is 7. The molecule has 4 aliphatic rings. The van der Waals surface area contributed by atoms with Crippen LogP contribution in [0.2, 0.25) is 35.8 Å². The molecule has 0 spiro atoms. The molecule has 0 N–H and O–H groups in total. The summed E-state index contributed by atoms with van der Waals surface area (Å²) in [5.74, 6) is 11.9. The van der Waals surface area contributed by atoms with Gasteiger partial charge in [-0.2, -0.15) is 0 Å². The van der Waals surface area contributed by atoms with Crippen molar-refractivity contribution in [2.45, 2.75) is 67.2 Å². The Hall–Kier alpha value is 5.61. The molecule has 0 aromatic carbocycles. The van der Waals surface area contributed by atoms with E-state index in [4.69, 9.17) is 0 Å². The predicted octanol–water partition coefficient (Wildman–Crippen LogP) is 6.55. The van der Waals surface area contributed by atoms with Crippen molar-refractivity contribution in [1.29, 1.82) is 0 Å². The van der Waals surface area contributed by atoms with Crippen molar-refractivity contribution in [2.75, 3.05) is 46.0 Å². The van der Waals surface area contributed by atoms with Crippen LogP contribution in [0.3, 0.4) is 0 Å². The van der Waals surface area contributed by atoms with Crippen LogP contribution < -0.4 is 0 Å². The average Bonchev–Trinajstić information content (AvgIpc) is 3.62. The number of hydrogen-bond acceptors (Lipinski definition) is 7. The molecule has 6 atom stereocenters. The fourth-order valence-electron chi connectivity index (χ4n) is 2.94. The molecule has 4 heterocycles. The molecule has 0 amide bonds. The summed E-state index contributed by atoms with van der Waals surface area (Å²) in [5, 5.41) is 6.44. The van der Waals surface area contributed by atoms with Crippen molar-refractivity contribution in [3.05, 3.63) is 0 Å². The Balaban J connectivity index is 1.12. The van der Waals surface area contributed by atoms with Gasteiger partial charge in [-0.25, -0.2) is 0 Å². The summed E-state index contributed by atoms with van der Waals surface area (Å²) in [6.45, 7) is 0. The number of hydrogen-bond donors (Lipinski definition) is 0. The standard InChI is InChI=1S/C22H38S7Te4/c1(3-30-11-17-7-25-17)23-5-21(15-32-13-19-9-27-19)29-22(16-33-14-20-10-28-20)6-24-2-4-31-12-18-8-26-18/h17-22H,1-16H2. The van der Waals surface area contributed by atoms with Gasteiger partial charge >= 0.3 is 279 Å². The second-order valence-corrected chi connectivity index (χ2v) is 30.5. The molecule has 33 heavy (non-hydrogen) atoms. The third-order valence-electron chi connectivity index (χ3n) is 5.17. The summed E-state index contributed by atoms with van der Waals surface area (Å²) in [7, 11) is 0. The van der Waals surface area contributed by atoms with Gasteiger partial charge in [-0.1, -0.05) is 0 Å². The maximum atomic E-state index is 2.52. The Morgan fingerprint density at radius 2 is 0.939 bits per heavy atom. The topological polar surface area (TPSA) is 0 Å². The molecule has 4 fully saturated rings. The minimum atomic E-state index is 0.273. The van der Waals surface area contributed by atoms with Gasteiger partial charge in [0.15, 0.2) is 0 Å². The first-order valence-corrected chi connectivity index (χ1v) is 32.6. The van der Waals surface area contributed by atoms with E-state index in [9.17, 15) is 0 Å². The van der Waals surface area contributed by atoms with Crippen LogP contribution >= 0.6 is 82.3 Å². The molecular formula is C22H38S7Te4. The van der Waals surface area contributed by atoms with Gasteiger partial charge in [0.1, 0.15) is 0 Å². The van der Waals surface area contributed by atoms with Crippen LogP contribution in [0.1, 0.15) is 0 Å². The molecule has 4 aliphatic heterocycles. The minimum absolute atomic E-state index is 0.273. The van der Waals surface area contributed by atoms with Crippen molar-refractivity contribution in [2.24, 2.45) is 0 Å². The van der Waals surface area contributed by atoms with E-state index in [0.29, 0.717) is 41.8 Å². The van der Waals surface area contributed by atoms with E-state index < -0.39 is 0 Å². The summed E-state index contributed by atoms with van der Waals surface area (Å²) in [6.07, 6.45) is 0. The first kappa shape index (κ1) is 31.5. The van der Waals surface area contributed by atoms with E-state index in [1.807, 2.05) is 0 Å². The van der Waals surface area contributed by atoms with Crippen molar-refractivity contribution >= 4 is 166 Å². The van der Waals surface area contributed by atoms with Crippen molar-refractivity contribution in [1.82, 2.24) is 0 Å². The summed E-state index contributed by atoms with van der Waals surface area (Å²) in [4.78, 5) is 0. The molecular weight excluding hydrogens is 999 g/mol. The second-order valence-electron chi connectivity index (χ2n) is 8.58. The normalized spacial score (nSPS) is 29.1. The van der Waals surface area contributed by atoms with Gasteiger partial charge in [-0.15, -0.1) is 0 Å². The molecule has 0 aromatic rings. The van der Waals surface area contributed by atoms with Gasteiger partial charge in [0.2, 0.25) is 0 Å². The van der Waals surface area contributed by atoms with Gasteiger partial charge in [-0.05, 0) is 0 Å². The Morgan fingerprint density at radius 1 is 0.576 bits per heavy atom. The molecule has 0 aromatic heterocycles. The molecule has 6 unspecified atom stereocenters. The van der Waals surface area contributed by atoms with Gasteiger partial charge in [0.25, 0.3) is 0 Å². The monoisotopic (exact) mass is 1050 g/mol. The molecule has 0 radical (unpaired) electrons. The van der Waals surface area contributed by atoms with Gasteiger partial charge in [-0.3, -0.25) is 0 Å². The maximum absolute atomic E-state index is 2.52. The first-order valence-electron chi connectivity index (χ1n) is 11.9. The first-order chi connectivity index (χ1) is 16.3. The second kappa shape index (κ2) is 19.7. The van der Waals surface area contributed by atoms with Gasteiger partial charge in [0.05, 0.1) is 0 Å². The van der Waals surface area contributed by atoms with Gasteiger partial charge < -0.3 is 0 Å². The van der Waals surface area contributed by atoms with E-state index in [0.717, 1.165) is 31.5 Å². The van der Waals surface area contributed by atoms with E-state index in [1.165, 1.54) is 46.0 Å². The van der Waals surface area contributed by atoms with Crippen molar-refractivity contribution in [3.63, 3.8) is 0 Å². The molecule has 4 rings (SSSR count). The quantitative estimate of drug-likeness (QED) is 0.0605.